The van der Waals surface area contributed by atoms with E-state index in [2.05, 4.69) is 5.32 Å². The van der Waals surface area contributed by atoms with E-state index in [-0.39, 0.29) is 23.9 Å². The molecule has 5 heteroatoms. The number of nitrogens with zero attached hydrogens (tertiary/aromatic N) is 1. The summed E-state index contributed by atoms with van der Waals surface area (Å²) in [6.07, 6.45) is 5.54. The van der Waals surface area contributed by atoms with Crippen LogP contribution in [-0.4, -0.2) is 41.9 Å². The average Bonchev–Trinajstić information content (AvgIpc) is 2.63. The molecular weight excluding hydrogens is 314 g/mol. The zero-order valence-electron chi connectivity index (χ0n) is 15.0. The molecule has 1 saturated heterocycles. The van der Waals surface area contributed by atoms with Gasteiger partial charge in [-0.2, -0.15) is 0 Å². The number of carbonyl (C=O) groups is 2. The second-order valence-corrected chi connectivity index (χ2v) is 7.84. The van der Waals surface area contributed by atoms with Crippen LogP contribution in [0.15, 0.2) is 30.3 Å². The molecule has 2 amide bonds. The van der Waals surface area contributed by atoms with E-state index in [1.165, 1.54) is 0 Å². The van der Waals surface area contributed by atoms with Crippen molar-refractivity contribution in [2.24, 2.45) is 11.1 Å². The first-order valence-electron chi connectivity index (χ1n) is 9.39. The molecular formula is C20H29N3O2. The molecule has 1 atom stereocenters. The summed E-state index contributed by atoms with van der Waals surface area (Å²) < 4.78 is 0. The Balaban J connectivity index is 1.62. The normalized spacial score (nSPS) is 29.9. The largest absolute Gasteiger partial charge is 0.353 e. The van der Waals surface area contributed by atoms with Gasteiger partial charge in [0.2, 0.25) is 5.91 Å². The van der Waals surface area contributed by atoms with E-state index in [1.807, 2.05) is 42.2 Å². The van der Waals surface area contributed by atoms with E-state index in [0.29, 0.717) is 12.1 Å². The third-order valence-electron chi connectivity index (χ3n) is 5.66. The monoisotopic (exact) mass is 343 g/mol. The number of hydrogen-bond acceptors (Lipinski definition) is 3. The lowest BCUT2D eigenvalue weighted by Crippen LogP contribution is -2.54. The Hall–Kier alpha value is -1.88. The maximum atomic E-state index is 12.9. The number of rotatable bonds is 3. The first-order chi connectivity index (χ1) is 12.0. The van der Waals surface area contributed by atoms with Crippen LogP contribution < -0.4 is 11.1 Å². The number of hydrogen-bond donors (Lipinski definition) is 2. The Morgan fingerprint density at radius 1 is 1.16 bits per heavy atom. The summed E-state index contributed by atoms with van der Waals surface area (Å²) in [5.41, 5.74) is 6.12. The molecule has 1 heterocycles. The highest BCUT2D eigenvalue weighted by molar-refractivity contribution is 5.95. The molecule has 1 saturated carbocycles. The highest BCUT2D eigenvalue weighted by Crippen LogP contribution is 2.31. The van der Waals surface area contributed by atoms with Crippen molar-refractivity contribution in [3.05, 3.63) is 35.9 Å². The average molecular weight is 343 g/mol. The molecule has 0 aromatic heterocycles. The van der Waals surface area contributed by atoms with E-state index >= 15 is 0 Å². The molecule has 136 valence electrons. The molecule has 2 fully saturated rings. The first-order valence-corrected chi connectivity index (χ1v) is 9.39. The van der Waals surface area contributed by atoms with Gasteiger partial charge in [0.1, 0.15) is 0 Å². The third kappa shape index (κ3) is 4.21. The zero-order valence-corrected chi connectivity index (χ0v) is 15.0. The Labute approximate surface area is 150 Å². The fraction of sp³-hybridized carbons (Fsp3) is 0.600. The number of amides is 2. The molecule has 1 unspecified atom stereocenters. The number of piperidine rings is 1. The van der Waals surface area contributed by atoms with Gasteiger partial charge in [-0.15, -0.1) is 0 Å². The van der Waals surface area contributed by atoms with Crippen molar-refractivity contribution >= 4 is 11.8 Å². The molecule has 0 bridgehead atoms. The van der Waals surface area contributed by atoms with Crippen LogP contribution in [0.4, 0.5) is 0 Å². The van der Waals surface area contributed by atoms with Crippen LogP contribution in [-0.2, 0) is 4.79 Å². The van der Waals surface area contributed by atoms with Gasteiger partial charge in [0.15, 0.2) is 0 Å². The molecule has 2 aliphatic rings. The van der Waals surface area contributed by atoms with Crippen molar-refractivity contribution < 1.29 is 9.59 Å². The van der Waals surface area contributed by atoms with Gasteiger partial charge in [-0.3, -0.25) is 9.59 Å². The fourth-order valence-electron chi connectivity index (χ4n) is 3.98. The van der Waals surface area contributed by atoms with E-state index in [9.17, 15) is 9.59 Å². The SMILES string of the molecule is CC1(C(=O)NC2CCC(N)CC2)CCCN(C(=O)c2ccccc2)C1. The summed E-state index contributed by atoms with van der Waals surface area (Å²) in [5.74, 6) is 0.0986. The highest BCUT2D eigenvalue weighted by atomic mass is 16.2. The van der Waals surface area contributed by atoms with Crippen LogP contribution in [0.25, 0.3) is 0 Å². The van der Waals surface area contributed by atoms with Crippen molar-refractivity contribution in [2.75, 3.05) is 13.1 Å². The minimum Gasteiger partial charge on any atom is -0.353 e. The Morgan fingerprint density at radius 2 is 1.84 bits per heavy atom. The van der Waals surface area contributed by atoms with Gasteiger partial charge in [0.05, 0.1) is 5.41 Å². The minimum absolute atomic E-state index is 0.0166. The lowest BCUT2D eigenvalue weighted by Gasteiger charge is -2.40. The topological polar surface area (TPSA) is 75.4 Å². The number of nitrogens with one attached hydrogen (secondary N) is 1. The van der Waals surface area contributed by atoms with Gasteiger partial charge in [0.25, 0.3) is 5.91 Å². The first kappa shape index (κ1) is 17.9. The number of nitrogens with two attached hydrogens (primary N) is 1. The predicted octanol–water partition coefficient (Wildman–Crippen LogP) is 2.32. The lowest BCUT2D eigenvalue weighted by atomic mass is 9.80. The maximum Gasteiger partial charge on any atom is 0.253 e. The molecule has 3 rings (SSSR count). The van der Waals surface area contributed by atoms with E-state index < -0.39 is 5.41 Å². The standard InChI is InChI=1S/C20H29N3O2/c1-20(19(25)22-17-10-8-16(21)9-11-17)12-5-13-23(14-20)18(24)15-6-3-2-4-7-15/h2-4,6-7,16-17H,5,8-14,21H2,1H3,(H,22,25). The van der Waals surface area contributed by atoms with Crippen molar-refractivity contribution in [2.45, 2.75) is 57.5 Å². The van der Waals surface area contributed by atoms with Gasteiger partial charge >= 0.3 is 0 Å². The Morgan fingerprint density at radius 3 is 2.52 bits per heavy atom. The predicted molar refractivity (Wildman–Crippen MR) is 98.1 cm³/mol. The quantitative estimate of drug-likeness (QED) is 0.884. The van der Waals surface area contributed by atoms with Crippen molar-refractivity contribution in [1.29, 1.82) is 0 Å². The number of carbonyl (C=O) groups excluding carboxylic acids is 2. The molecule has 0 spiro atoms. The van der Waals surface area contributed by atoms with E-state index in [1.54, 1.807) is 0 Å². The van der Waals surface area contributed by atoms with Gasteiger partial charge in [0, 0.05) is 30.7 Å². The molecule has 1 aromatic carbocycles. The van der Waals surface area contributed by atoms with Crippen molar-refractivity contribution in [3.8, 4) is 0 Å². The Kier molecular flexibility index (Phi) is 5.42. The van der Waals surface area contributed by atoms with Crippen molar-refractivity contribution in [1.82, 2.24) is 10.2 Å². The molecule has 1 aliphatic carbocycles. The van der Waals surface area contributed by atoms with Gasteiger partial charge in [-0.05, 0) is 57.6 Å². The summed E-state index contributed by atoms with van der Waals surface area (Å²) in [7, 11) is 0. The fourth-order valence-corrected chi connectivity index (χ4v) is 3.98. The smallest absolute Gasteiger partial charge is 0.253 e. The van der Waals surface area contributed by atoms with Crippen molar-refractivity contribution in [3.63, 3.8) is 0 Å². The van der Waals surface area contributed by atoms with Crippen LogP contribution >= 0.6 is 0 Å². The van der Waals surface area contributed by atoms with E-state index in [4.69, 9.17) is 5.73 Å². The second kappa shape index (κ2) is 7.56. The maximum absolute atomic E-state index is 12.9. The summed E-state index contributed by atoms with van der Waals surface area (Å²) >= 11 is 0. The highest BCUT2D eigenvalue weighted by Gasteiger charge is 2.40. The number of benzene rings is 1. The van der Waals surface area contributed by atoms with Crippen LogP contribution in [0.5, 0.6) is 0 Å². The van der Waals surface area contributed by atoms with Crippen LogP contribution in [0.1, 0.15) is 55.8 Å². The minimum atomic E-state index is -0.512. The van der Waals surface area contributed by atoms with E-state index in [0.717, 1.165) is 45.1 Å². The summed E-state index contributed by atoms with van der Waals surface area (Å²) in [4.78, 5) is 27.4. The Bertz CT molecular complexity index is 611. The molecule has 3 N–H and O–H groups in total. The molecule has 1 aliphatic heterocycles. The molecule has 5 nitrogen and oxygen atoms in total. The lowest BCUT2D eigenvalue weighted by molar-refractivity contribution is -0.133. The summed E-state index contributed by atoms with van der Waals surface area (Å²) in [5, 5.41) is 3.22. The molecule has 1 aromatic rings. The second-order valence-electron chi connectivity index (χ2n) is 7.84. The third-order valence-corrected chi connectivity index (χ3v) is 5.66. The van der Waals surface area contributed by atoms with Crippen LogP contribution in [0.2, 0.25) is 0 Å². The van der Waals surface area contributed by atoms with Gasteiger partial charge < -0.3 is 16.0 Å². The van der Waals surface area contributed by atoms with Crippen LogP contribution in [0, 0.1) is 5.41 Å². The summed E-state index contributed by atoms with van der Waals surface area (Å²) in [6, 6.07) is 9.81. The van der Waals surface area contributed by atoms with Gasteiger partial charge in [-0.1, -0.05) is 18.2 Å². The number of likely N-dealkylation sites (tertiary alicyclic amines) is 1. The zero-order chi connectivity index (χ0) is 17.9. The molecule has 0 radical (unpaired) electrons. The summed E-state index contributed by atoms with van der Waals surface area (Å²) in [6.45, 7) is 3.19. The molecule has 25 heavy (non-hydrogen) atoms. The van der Waals surface area contributed by atoms with Crippen LogP contribution in [0.3, 0.4) is 0 Å². The van der Waals surface area contributed by atoms with Gasteiger partial charge in [-0.25, -0.2) is 0 Å².